The molecule has 0 amide bonds. The van der Waals surface area contributed by atoms with Crippen LogP contribution in [0, 0.1) is 0 Å². The van der Waals surface area contributed by atoms with Gasteiger partial charge in [0.25, 0.3) is 0 Å². The maximum absolute atomic E-state index is 6.04. The molecule has 2 rings (SSSR count). The minimum Gasteiger partial charge on any atom is -0.489 e. The Morgan fingerprint density at radius 1 is 1.39 bits per heavy atom. The lowest BCUT2D eigenvalue weighted by atomic mass is 10.2. The van der Waals surface area contributed by atoms with E-state index in [2.05, 4.69) is 17.1 Å². The van der Waals surface area contributed by atoms with Crippen LogP contribution in [0.15, 0.2) is 18.2 Å². The van der Waals surface area contributed by atoms with Crippen LogP contribution in [0.25, 0.3) is 0 Å². The lowest BCUT2D eigenvalue weighted by molar-refractivity contribution is 0.170. The number of hydrogen-bond donors (Lipinski definition) is 1. The van der Waals surface area contributed by atoms with Crippen molar-refractivity contribution in [3.63, 3.8) is 0 Å². The minimum absolute atomic E-state index is 0.544. The Hall–Kier alpha value is -0.480. The molecule has 1 fully saturated rings. The summed E-state index contributed by atoms with van der Waals surface area (Å²) in [5.41, 5.74) is 0. The first-order valence-electron chi connectivity index (χ1n) is 6.19. The third-order valence-corrected chi connectivity index (χ3v) is 3.62. The van der Waals surface area contributed by atoms with Gasteiger partial charge in [-0.2, -0.15) is 0 Å². The van der Waals surface area contributed by atoms with E-state index in [1.165, 1.54) is 0 Å². The van der Waals surface area contributed by atoms with Gasteiger partial charge >= 0.3 is 0 Å². The molecule has 1 aliphatic heterocycles. The number of nitrogens with one attached hydrogen (secondary N) is 1. The Kier molecular flexibility index (Phi) is 5.13. The maximum Gasteiger partial charge on any atom is 0.156 e. The molecule has 1 atom stereocenters. The zero-order valence-corrected chi connectivity index (χ0v) is 12.0. The summed E-state index contributed by atoms with van der Waals surface area (Å²) in [4.78, 5) is 2.38. The molecule has 1 aromatic rings. The van der Waals surface area contributed by atoms with Crippen molar-refractivity contribution in [1.82, 2.24) is 10.2 Å². The van der Waals surface area contributed by atoms with E-state index in [1.807, 2.05) is 6.07 Å². The predicted molar refractivity (Wildman–Crippen MR) is 75.9 cm³/mol. The summed E-state index contributed by atoms with van der Waals surface area (Å²) < 4.78 is 5.68. The highest BCUT2D eigenvalue weighted by Gasteiger charge is 2.15. The van der Waals surface area contributed by atoms with Crippen molar-refractivity contribution in [3.05, 3.63) is 28.2 Å². The smallest absolute Gasteiger partial charge is 0.156 e. The molecule has 0 aromatic heterocycles. The molecule has 0 saturated carbocycles. The molecule has 1 saturated heterocycles. The molecule has 18 heavy (non-hydrogen) atoms. The van der Waals surface area contributed by atoms with Gasteiger partial charge in [0.15, 0.2) is 5.75 Å². The first-order chi connectivity index (χ1) is 8.66. The Morgan fingerprint density at radius 3 is 2.78 bits per heavy atom. The van der Waals surface area contributed by atoms with Crippen molar-refractivity contribution in [2.24, 2.45) is 0 Å². The quantitative estimate of drug-likeness (QED) is 0.922. The molecule has 0 radical (unpaired) electrons. The van der Waals surface area contributed by atoms with Crippen molar-refractivity contribution in [1.29, 1.82) is 0 Å². The van der Waals surface area contributed by atoms with Crippen molar-refractivity contribution < 1.29 is 4.74 Å². The summed E-state index contributed by atoms with van der Waals surface area (Å²) in [6, 6.07) is 5.93. The molecule has 5 heteroatoms. The molecule has 1 aliphatic rings. The van der Waals surface area contributed by atoms with Crippen LogP contribution >= 0.6 is 23.2 Å². The highest BCUT2D eigenvalue weighted by molar-refractivity contribution is 6.37. The van der Waals surface area contributed by atoms with Gasteiger partial charge in [0, 0.05) is 32.2 Å². The van der Waals surface area contributed by atoms with E-state index in [0.717, 1.165) is 26.2 Å². The number of hydrogen-bond acceptors (Lipinski definition) is 3. The minimum atomic E-state index is 0.544. The van der Waals surface area contributed by atoms with E-state index in [-0.39, 0.29) is 0 Å². The van der Waals surface area contributed by atoms with Gasteiger partial charge in [-0.1, -0.05) is 29.3 Å². The Labute approximate surface area is 118 Å². The summed E-state index contributed by atoms with van der Waals surface area (Å²) in [6.07, 6.45) is 0. The first kappa shape index (κ1) is 13.9. The normalized spacial score (nSPS) is 20.9. The van der Waals surface area contributed by atoms with Gasteiger partial charge < -0.3 is 10.1 Å². The van der Waals surface area contributed by atoms with Crippen LogP contribution < -0.4 is 10.1 Å². The third-order valence-electron chi connectivity index (χ3n) is 3.03. The van der Waals surface area contributed by atoms with E-state index in [0.29, 0.717) is 28.4 Å². The average molecular weight is 289 g/mol. The van der Waals surface area contributed by atoms with Crippen LogP contribution in [0.1, 0.15) is 6.92 Å². The fraction of sp³-hybridized carbons (Fsp3) is 0.538. The molecule has 1 N–H and O–H groups in total. The number of benzene rings is 1. The molecule has 0 spiro atoms. The van der Waals surface area contributed by atoms with Gasteiger partial charge in [-0.05, 0) is 19.1 Å². The second kappa shape index (κ2) is 6.62. The van der Waals surface area contributed by atoms with E-state index < -0.39 is 0 Å². The Balaban J connectivity index is 1.81. The number of ether oxygens (including phenoxy) is 1. The molecule has 3 nitrogen and oxygen atoms in total. The third kappa shape index (κ3) is 3.75. The standard InChI is InChI=1S/C13H18Cl2N2O/c1-10-9-17(6-5-16-10)7-8-18-13-11(14)3-2-4-12(13)15/h2-4,10,16H,5-9H2,1H3/t10-/m1/s1. The molecule has 1 aromatic carbocycles. The predicted octanol–water partition coefficient (Wildman–Crippen LogP) is 2.67. The fourth-order valence-corrected chi connectivity index (χ4v) is 2.62. The van der Waals surface area contributed by atoms with Crippen LogP contribution in [0.3, 0.4) is 0 Å². The molecule has 0 bridgehead atoms. The van der Waals surface area contributed by atoms with E-state index in [1.54, 1.807) is 12.1 Å². The summed E-state index contributed by atoms with van der Waals surface area (Å²) in [5.74, 6) is 0.587. The lowest BCUT2D eigenvalue weighted by Crippen LogP contribution is -2.50. The summed E-state index contributed by atoms with van der Waals surface area (Å²) >= 11 is 12.1. The van der Waals surface area contributed by atoms with Gasteiger partial charge in [0.2, 0.25) is 0 Å². The summed E-state index contributed by atoms with van der Waals surface area (Å²) in [5, 5.41) is 4.55. The van der Waals surface area contributed by atoms with Crippen molar-refractivity contribution >= 4 is 23.2 Å². The molecular weight excluding hydrogens is 271 g/mol. The molecule has 100 valence electrons. The number of para-hydroxylation sites is 1. The van der Waals surface area contributed by atoms with Gasteiger partial charge in [0.1, 0.15) is 6.61 Å². The second-order valence-corrected chi connectivity index (χ2v) is 5.37. The van der Waals surface area contributed by atoms with Crippen LogP contribution in [-0.2, 0) is 0 Å². The topological polar surface area (TPSA) is 24.5 Å². The fourth-order valence-electron chi connectivity index (χ4n) is 2.11. The zero-order valence-electron chi connectivity index (χ0n) is 10.5. The zero-order chi connectivity index (χ0) is 13.0. The average Bonchev–Trinajstić information content (AvgIpc) is 2.33. The van der Waals surface area contributed by atoms with Gasteiger partial charge in [-0.25, -0.2) is 0 Å². The maximum atomic E-state index is 6.04. The van der Waals surface area contributed by atoms with E-state index >= 15 is 0 Å². The molecular formula is C13H18Cl2N2O. The second-order valence-electron chi connectivity index (χ2n) is 4.56. The van der Waals surface area contributed by atoms with Crippen molar-refractivity contribution in [2.45, 2.75) is 13.0 Å². The van der Waals surface area contributed by atoms with Crippen LogP contribution in [-0.4, -0.2) is 43.7 Å². The highest BCUT2D eigenvalue weighted by Crippen LogP contribution is 2.32. The number of piperazine rings is 1. The highest BCUT2D eigenvalue weighted by atomic mass is 35.5. The van der Waals surface area contributed by atoms with Crippen molar-refractivity contribution in [3.8, 4) is 5.75 Å². The van der Waals surface area contributed by atoms with Crippen LogP contribution in [0.4, 0.5) is 0 Å². The monoisotopic (exact) mass is 288 g/mol. The van der Waals surface area contributed by atoms with Crippen LogP contribution in [0.2, 0.25) is 10.0 Å². The number of rotatable bonds is 4. The molecule has 0 unspecified atom stereocenters. The largest absolute Gasteiger partial charge is 0.489 e. The first-order valence-corrected chi connectivity index (χ1v) is 6.95. The summed E-state index contributed by atoms with van der Waals surface area (Å²) in [6.45, 7) is 6.85. The molecule has 1 heterocycles. The summed E-state index contributed by atoms with van der Waals surface area (Å²) in [7, 11) is 0. The van der Waals surface area contributed by atoms with E-state index in [4.69, 9.17) is 27.9 Å². The van der Waals surface area contributed by atoms with Crippen LogP contribution in [0.5, 0.6) is 5.75 Å². The van der Waals surface area contributed by atoms with Crippen molar-refractivity contribution in [2.75, 3.05) is 32.8 Å². The Morgan fingerprint density at radius 2 is 2.11 bits per heavy atom. The lowest BCUT2D eigenvalue weighted by Gasteiger charge is -2.31. The SMILES string of the molecule is C[C@@H]1CN(CCOc2c(Cl)cccc2Cl)CCN1. The number of halogens is 2. The van der Waals surface area contributed by atoms with Gasteiger partial charge in [-0.15, -0.1) is 0 Å². The molecule has 0 aliphatic carbocycles. The van der Waals surface area contributed by atoms with E-state index in [9.17, 15) is 0 Å². The van der Waals surface area contributed by atoms with Gasteiger partial charge in [-0.3, -0.25) is 4.90 Å². The Bertz CT molecular complexity index is 380. The number of nitrogens with zero attached hydrogens (tertiary/aromatic N) is 1. The van der Waals surface area contributed by atoms with Gasteiger partial charge in [0.05, 0.1) is 10.0 Å².